The fourth-order valence-electron chi connectivity index (χ4n) is 8.87. The van der Waals surface area contributed by atoms with Gasteiger partial charge in [0.25, 0.3) is 0 Å². The summed E-state index contributed by atoms with van der Waals surface area (Å²) in [5, 5.41) is 5.20. The van der Waals surface area contributed by atoms with E-state index in [0.717, 1.165) is 50.0 Å². The van der Waals surface area contributed by atoms with Gasteiger partial charge in [0.2, 0.25) is 15.9 Å². The number of likely N-dealkylation sites (tertiary alicyclic amines) is 1. The number of amides is 1. The smallest absolute Gasteiger partial charge is 0.239 e. The number of primary sulfonamides is 1. The molecule has 2 bridgehead atoms. The molecule has 4 heterocycles. The zero-order valence-corrected chi connectivity index (χ0v) is 29.5. The Hall–Kier alpha value is -3.57. The van der Waals surface area contributed by atoms with Crippen LogP contribution in [0, 0.1) is 6.92 Å². The Kier molecular flexibility index (Phi) is 9.43. The lowest BCUT2D eigenvalue weighted by molar-refractivity contribution is -0.132. The number of para-hydroxylation sites is 2. The predicted octanol–water partition coefficient (Wildman–Crippen LogP) is 6.43. The van der Waals surface area contributed by atoms with Crippen molar-refractivity contribution in [3.05, 3.63) is 94.8 Å². The van der Waals surface area contributed by atoms with Crippen molar-refractivity contribution in [2.75, 3.05) is 19.6 Å². The zero-order chi connectivity index (χ0) is 34.3. The standard InChI is InChI=1S/C38H44ClN5O4S/c1-26-41-33-9-5-6-10-34(33)44(26)31-24-29-12-13-30(25-31)43(29)22-19-38(28-7-3-2-4-8-28)17-20-42(21-18-38)37(46)16-15-35(45)27-11-14-32(39)36(23-27)49(40,47)48/h2-11,14,23,29-31H,12-13,15-22,24-25H2,1H3,(H2,40,47,48). The van der Waals surface area contributed by atoms with Gasteiger partial charge in [0.05, 0.1) is 16.1 Å². The second-order valence-electron chi connectivity index (χ2n) is 14.2. The molecule has 3 saturated heterocycles. The summed E-state index contributed by atoms with van der Waals surface area (Å²) in [6.07, 6.45) is 7.62. The average molecular weight is 702 g/mol. The van der Waals surface area contributed by atoms with Crippen LogP contribution in [-0.2, 0) is 20.2 Å². The van der Waals surface area contributed by atoms with Gasteiger partial charge in [-0.15, -0.1) is 0 Å². The highest BCUT2D eigenvalue weighted by molar-refractivity contribution is 7.89. The van der Waals surface area contributed by atoms with Crippen LogP contribution in [0.5, 0.6) is 0 Å². The van der Waals surface area contributed by atoms with Gasteiger partial charge in [-0.3, -0.25) is 14.5 Å². The molecule has 3 aromatic carbocycles. The van der Waals surface area contributed by atoms with Crippen molar-refractivity contribution in [2.45, 2.75) is 93.1 Å². The number of imidazole rings is 1. The highest BCUT2D eigenvalue weighted by Crippen LogP contribution is 2.45. The minimum atomic E-state index is -4.07. The molecular weight excluding hydrogens is 658 g/mol. The average Bonchev–Trinajstić information content (AvgIpc) is 3.56. The number of piperidine rings is 2. The molecule has 1 amide bonds. The Bertz CT molecular complexity index is 1960. The van der Waals surface area contributed by atoms with Crippen molar-refractivity contribution >= 4 is 44.3 Å². The lowest BCUT2D eigenvalue weighted by Crippen LogP contribution is -2.49. The molecule has 0 saturated carbocycles. The first kappa shape index (κ1) is 33.9. The number of nitrogens with zero attached hydrogens (tertiary/aromatic N) is 4. The monoisotopic (exact) mass is 701 g/mol. The largest absolute Gasteiger partial charge is 0.343 e. The molecular formula is C38H44ClN5O4S. The molecule has 258 valence electrons. The van der Waals surface area contributed by atoms with Crippen molar-refractivity contribution in [3.8, 4) is 0 Å². The predicted molar refractivity (Wildman–Crippen MR) is 191 cm³/mol. The van der Waals surface area contributed by atoms with Crippen LogP contribution < -0.4 is 5.14 Å². The number of halogens is 1. The molecule has 0 aliphatic carbocycles. The number of rotatable bonds is 10. The SMILES string of the molecule is Cc1nc2ccccc2n1C1CC2CCC(C1)N2CCC1(c2ccccc2)CCN(C(=O)CCC(=O)c2ccc(Cl)c(S(N)(=O)=O)c2)CC1. The first-order valence-electron chi connectivity index (χ1n) is 17.4. The third kappa shape index (κ3) is 6.80. The molecule has 3 fully saturated rings. The molecule has 2 atom stereocenters. The minimum absolute atomic E-state index is 0.0159. The summed E-state index contributed by atoms with van der Waals surface area (Å²) in [6, 6.07) is 24.9. The normalized spacial score (nSPS) is 22.4. The maximum atomic E-state index is 13.3. The number of benzene rings is 3. The Morgan fingerprint density at radius 3 is 2.29 bits per heavy atom. The van der Waals surface area contributed by atoms with E-state index in [2.05, 4.69) is 71.0 Å². The first-order valence-corrected chi connectivity index (χ1v) is 19.3. The highest BCUT2D eigenvalue weighted by Gasteiger charge is 2.44. The summed E-state index contributed by atoms with van der Waals surface area (Å²) in [5.74, 6) is 0.729. The molecule has 2 N–H and O–H groups in total. The van der Waals surface area contributed by atoms with Gasteiger partial charge >= 0.3 is 0 Å². The van der Waals surface area contributed by atoms with Crippen LogP contribution in [0.15, 0.2) is 77.7 Å². The third-order valence-electron chi connectivity index (χ3n) is 11.4. The molecule has 1 aromatic heterocycles. The summed E-state index contributed by atoms with van der Waals surface area (Å²) in [7, 11) is -4.07. The van der Waals surface area contributed by atoms with Crippen LogP contribution in [0.25, 0.3) is 11.0 Å². The van der Waals surface area contributed by atoms with E-state index in [1.807, 2.05) is 4.90 Å². The summed E-state index contributed by atoms with van der Waals surface area (Å²) in [5.41, 5.74) is 3.82. The fraction of sp³-hybridized carbons (Fsp3) is 0.447. The van der Waals surface area contributed by atoms with Gasteiger partial charge in [0, 0.05) is 49.6 Å². The fourth-order valence-corrected chi connectivity index (χ4v) is 9.94. The number of aromatic nitrogens is 2. The second-order valence-corrected chi connectivity index (χ2v) is 16.1. The molecule has 3 aliphatic heterocycles. The number of fused-ring (bicyclic) bond motifs is 3. The quantitative estimate of drug-likeness (QED) is 0.191. The summed E-state index contributed by atoms with van der Waals surface area (Å²) in [6.45, 7) is 4.46. The van der Waals surface area contributed by atoms with Crippen LogP contribution in [0.1, 0.15) is 85.6 Å². The number of carbonyl (C=O) groups is 2. The van der Waals surface area contributed by atoms with Crippen LogP contribution in [0.2, 0.25) is 5.02 Å². The van der Waals surface area contributed by atoms with Gasteiger partial charge in [0.15, 0.2) is 5.78 Å². The van der Waals surface area contributed by atoms with Crippen molar-refractivity contribution in [1.82, 2.24) is 19.4 Å². The maximum Gasteiger partial charge on any atom is 0.239 e. The number of carbonyl (C=O) groups excluding carboxylic acids is 2. The van der Waals surface area contributed by atoms with E-state index >= 15 is 0 Å². The molecule has 3 aliphatic rings. The lowest BCUT2D eigenvalue weighted by atomic mass is 9.70. The van der Waals surface area contributed by atoms with E-state index < -0.39 is 10.0 Å². The van der Waals surface area contributed by atoms with E-state index in [0.29, 0.717) is 31.2 Å². The Morgan fingerprint density at radius 1 is 0.918 bits per heavy atom. The first-order chi connectivity index (χ1) is 23.5. The van der Waals surface area contributed by atoms with Crippen molar-refractivity contribution in [2.24, 2.45) is 5.14 Å². The number of hydrogen-bond acceptors (Lipinski definition) is 6. The molecule has 9 nitrogen and oxygen atoms in total. The van der Waals surface area contributed by atoms with E-state index in [-0.39, 0.29) is 45.4 Å². The van der Waals surface area contributed by atoms with Gasteiger partial charge in [0.1, 0.15) is 10.7 Å². The van der Waals surface area contributed by atoms with Crippen LogP contribution in [0.3, 0.4) is 0 Å². The van der Waals surface area contributed by atoms with Gasteiger partial charge in [-0.05, 0) is 99.7 Å². The number of aryl methyl sites for hydroxylation is 1. The number of sulfonamides is 1. The molecule has 11 heteroatoms. The molecule has 49 heavy (non-hydrogen) atoms. The zero-order valence-electron chi connectivity index (χ0n) is 27.9. The summed E-state index contributed by atoms with van der Waals surface area (Å²) < 4.78 is 26.2. The number of Topliss-reactive ketones (excluding diaryl/α,β-unsaturated/α-hetero) is 1. The van der Waals surface area contributed by atoms with Crippen molar-refractivity contribution in [1.29, 1.82) is 0 Å². The molecule has 0 radical (unpaired) electrons. The van der Waals surface area contributed by atoms with E-state index in [9.17, 15) is 18.0 Å². The topological polar surface area (TPSA) is 119 Å². The highest BCUT2D eigenvalue weighted by atomic mass is 35.5. The number of hydrogen-bond donors (Lipinski definition) is 1. The Balaban J connectivity index is 0.987. The lowest BCUT2D eigenvalue weighted by Gasteiger charge is -2.45. The van der Waals surface area contributed by atoms with E-state index in [1.165, 1.54) is 42.1 Å². The second kappa shape index (κ2) is 13.6. The number of ketones is 1. The summed E-state index contributed by atoms with van der Waals surface area (Å²) >= 11 is 5.98. The van der Waals surface area contributed by atoms with Crippen LogP contribution in [-0.4, -0.2) is 71.2 Å². The molecule has 4 aromatic rings. The summed E-state index contributed by atoms with van der Waals surface area (Å²) in [4.78, 5) is 35.5. The molecule has 7 rings (SSSR count). The van der Waals surface area contributed by atoms with E-state index in [4.69, 9.17) is 21.7 Å². The molecule has 0 spiro atoms. The minimum Gasteiger partial charge on any atom is -0.343 e. The van der Waals surface area contributed by atoms with Crippen LogP contribution >= 0.6 is 11.6 Å². The van der Waals surface area contributed by atoms with Crippen molar-refractivity contribution < 1.29 is 18.0 Å². The third-order valence-corrected chi connectivity index (χ3v) is 12.8. The van der Waals surface area contributed by atoms with Crippen LogP contribution in [0.4, 0.5) is 0 Å². The van der Waals surface area contributed by atoms with E-state index in [1.54, 1.807) is 0 Å². The van der Waals surface area contributed by atoms with Gasteiger partial charge < -0.3 is 9.47 Å². The Labute approximate surface area is 293 Å². The Morgan fingerprint density at radius 2 is 1.59 bits per heavy atom. The molecule has 2 unspecified atom stereocenters. The van der Waals surface area contributed by atoms with Gasteiger partial charge in [-0.2, -0.15) is 0 Å². The van der Waals surface area contributed by atoms with Gasteiger partial charge in [-0.25, -0.2) is 18.5 Å². The number of nitrogens with two attached hydrogens (primary N) is 1. The maximum absolute atomic E-state index is 13.3. The van der Waals surface area contributed by atoms with Crippen molar-refractivity contribution in [3.63, 3.8) is 0 Å². The van der Waals surface area contributed by atoms with Gasteiger partial charge in [-0.1, -0.05) is 54.1 Å².